The minimum atomic E-state index is -0.778. The lowest BCUT2D eigenvalue weighted by molar-refractivity contribution is 0.303. The van der Waals surface area contributed by atoms with Crippen LogP contribution in [0.4, 0.5) is 4.39 Å². The summed E-state index contributed by atoms with van der Waals surface area (Å²) in [5.74, 6) is 0. The fraction of sp³-hybridized carbons (Fsp3) is 0.182. The monoisotopic (exact) mass is 317 g/mol. The molecule has 0 radical (unpaired) electrons. The van der Waals surface area contributed by atoms with Gasteiger partial charge in [0, 0.05) is 12.4 Å². The number of benzene rings is 3. The second kappa shape index (κ2) is 6.48. The van der Waals surface area contributed by atoms with Gasteiger partial charge in [-0.3, -0.25) is 0 Å². The topological polar surface area (TPSA) is 15.8 Å². The molecular weight excluding hydrogens is 297 g/mol. The molecule has 0 saturated carbocycles. The summed E-state index contributed by atoms with van der Waals surface area (Å²) in [6.07, 6.45) is 5.61. The molecule has 1 aliphatic rings. The van der Waals surface area contributed by atoms with Crippen LogP contribution >= 0.6 is 0 Å². The molecule has 3 aromatic carbocycles. The van der Waals surface area contributed by atoms with E-state index in [9.17, 15) is 4.39 Å². The normalized spacial score (nSPS) is 16.5. The Bertz CT molecular complexity index is 939. The Hall–Kier alpha value is -2.61. The molecule has 4 aromatic rings. The summed E-state index contributed by atoms with van der Waals surface area (Å²) in [7, 11) is 0. The highest BCUT2D eigenvalue weighted by Gasteiger charge is 2.21. The van der Waals surface area contributed by atoms with E-state index < -0.39 is 6.17 Å². The molecule has 1 N–H and O–H groups in total. The van der Waals surface area contributed by atoms with Crippen molar-refractivity contribution in [2.45, 2.75) is 25.4 Å². The van der Waals surface area contributed by atoms with Crippen LogP contribution < -0.4 is 0 Å². The number of rotatable bonds is 0. The van der Waals surface area contributed by atoms with Crippen LogP contribution in [0.25, 0.3) is 21.5 Å². The zero-order valence-electron chi connectivity index (χ0n) is 13.5. The van der Waals surface area contributed by atoms with Gasteiger partial charge in [0.1, 0.15) is 6.17 Å². The van der Waals surface area contributed by atoms with Gasteiger partial charge in [0.2, 0.25) is 0 Å². The van der Waals surface area contributed by atoms with Crippen LogP contribution in [0.15, 0.2) is 73.1 Å². The van der Waals surface area contributed by atoms with E-state index in [2.05, 4.69) is 47.4 Å². The smallest absolute Gasteiger partial charge is 0.125 e. The summed E-state index contributed by atoms with van der Waals surface area (Å²) in [4.78, 5) is 2.86. The molecule has 1 aromatic heterocycles. The van der Waals surface area contributed by atoms with Gasteiger partial charge in [-0.25, -0.2) is 4.39 Å². The molecule has 1 aliphatic carbocycles. The molecule has 24 heavy (non-hydrogen) atoms. The molecule has 1 atom stereocenters. The number of hydrogen-bond donors (Lipinski definition) is 1. The van der Waals surface area contributed by atoms with E-state index in [-0.39, 0.29) is 0 Å². The number of H-pyrrole nitrogens is 1. The second-order valence-electron chi connectivity index (χ2n) is 6.26. The van der Waals surface area contributed by atoms with Gasteiger partial charge in [0.25, 0.3) is 0 Å². The average Bonchev–Trinajstić information content (AvgIpc) is 3.21. The summed E-state index contributed by atoms with van der Waals surface area (Å²) in [6, 6.07) is 20.7. The number of nitrogens with one attached hydrogen (secondary N) is 1. The first-order valence-electron chi connectivity index (χ1n) is 8.49. The molecule has 0 fully saturated rings. The van der Waals surface area contributed by atoms with Gasteiger partial charge in [-0.2, -0.15) is 0 Å². The Kier molecular flexibility index (Phi) is 4.04. The van der Waals surface area contributed by atoms with Gasteiger partial charge in [-0.15, -0.1) is 0 Å². The van der Waals surface area contributed by atoms with E-state index in [1.807, 2.05) is 30.6 Å². The highest BCUT2D eigenvalue weighted by atomic mass is 19.1. The quantitative estimate of drug-likeness (QED) is 0.363. The van der Waals surface area contributed by atoms with Gasteiger partial charge in [0.15, 0.2) is 0 Å². The molecule has 0 bridgehead atoms. The minimum absolute atomic E-state index is 0.673. The first kappa shape index (κ1) is 14.9. The number of alkyl halides is 1. The summed E-state index contributed by atoms with van der Waals surface area (Å²) in [5.41, 5.74) is 2.14. The highest BCUT2D eigenvalue weighted by molar-refractivity contribution is 6.08. The molecular formula is C22H20FN. The van der Waals surface area contributed by atoms with Crippen molar-refractivity contribution in [2.75, 3.05) is 0 Å². The van der Waals surface area contributed by atoms with E-state index in [0.717, 1.165) is 18.4 Å². The third-order valence-corrected chi connectivity index (χ3v) is 4.79. The van der Waals surface area contributed by atoms with Crippen LogP contribution in [-0.2, 0) is 6.42 Å². The number of halogens is 1. The third kappa shape index (κ3) is 2.69. The van der Waals surface area contributed by atoms with E-state index in [1.54, 1.807) is 0 Å². The van der Waals surface area contributed by atoms with Crippen molar-refractivity contribution in [1.82, 2.24) is 4.98 Å². The molecule has 2 heteroatoms. The lowest BCUT2D eigenvalue weighted by Gasteiger charge is -2.21. The molecule has 1 nitrogen and oxygen atoms in total. The van der Waals surface area contributed by atoms with Crippen molar-refractivity contribution in [1.29, 1.82) is 0 Å². The lowest BCUT2D eigenvalue weighted by atomic mass is 9.85. The average molecular weight is 317 g/mol. The van der Waals surface area contributed by atoms with Crippen LogP contribution in [0.5, 0.6) is 0 Å². The van der Waals surface area contributed by atoms with Gasteiger partial charge < -0.3 is 4.98 Å². The Balaban J connectivity index is 0.000000252. The molecule has 1 unspecified atom stereocenters. The van der Waals surface area contributed by atoms with Gasteiger partial charge >= 0.3 is 0 Å². The first-order chi connectivity index (χ1) is 11.8. The Labute approximate surface area is 141 Å². The van der Waals surface area contributed by atoms with E-state index in [0.29, 0.717) is 6.42 Å². The summed E-state index contributed by atoms with van der Waals surface area (Å²) < 4.78 is 14.0. The molecule has 0 saturated heterocycles. The summed E-state index contributed by atoms with van der Waals surface area (Å²) in [5, 5.41) is 5.01. The number of aromatic amines is 1. The number of hydrogen-bond acceptors (Lipinski definition) is 0. The lowest BCUT2D eigenvalue weighted by Crippen LogP contribution is -2.06. The van der Waals surface area contributed by atoms with E-state index >= 15 is 0 Å². The van der Waals surface area contributed by atoms with Crippen LogP contribution in [0.3, 0.4) is 0 Å². The van der Waals surface area contributed by atoms with E-state index in [1.165, 1.54) is 27.1 Å². The number of fused-ring (bicyclic) bond motifs is 5. The Morgan fingerprint density at radius 1 is 0.792 bits per heavy atom. The zero-order valence-corrected chi connectivity index (χ0v) is 13.5. The predicted octanol–water partition coefficient (Wildman–Crippen LogP) is 6.35. The summed E-state index contributed by atoms with van der Waals surface area (Å²) in [6.45, 7) is 0. The molecule has 5 rings (SSSR count). The van der Waals surface area contributed by atoms with Crippen molar-refractivity contribution in [3.63, 3.8) is 0 Å². The number of aryl methyl sites for hydroxylation is 1. The maximum Gasteiger partial charge on any atom is 0.125 e. The maximum atomic E-state index is 14.0. The van der Waals surface area contributed by atoms with Crippen molar-refractivity contribution in [2.24, 2.45) is 0 Å². The molecule has 0 aliphatic heterocycles. The van der Waals surface area contributed by atoms with Crippen LogP contribution in [0, 0.1) is 0 Å². The van der Waals surface area contributed by atoms with Crippen molar-refractivity contribution in [3.05, 3.63) is 84.2 Å². The standard InChI is InChI=1S/C18H15F.C4H5N/c19-18-7-3-6-14-16-9-8-12-4-1-2-5-13(12)15(16)10-11-17(14)18;1-2-4-5-3-1/h1-2,4-5,8-11,18H,3,6-7H2;1-5H. The van der Waals surface area contributed by atoms with Crippen LogP contribution in [0.1, 0.15) is 30.1 Å². The highest BCUT2D eigenvalue weighted by Crippen LogP contribution is 2.38. The maximum absolute atomic E-state index is 14.0. The van der Waals surface area contributed by atoms with E-state index in [4.69, 9.17) is 0 Å². The molecule has 0 spiro atoms. The van der Waals surface area contributed by atoms with Gasteiger partial charge in [-0.05, 0) is 64.1 Å². The first-order valence-corrected chi connectivity index (χ1v) is 8.49. The second-order valence-corrected chi connectivity index (χ2v) is 6.26. The molecule has 1 heterocycles. The van der Waals surface area contributed by atoms with Crippen LogP contribution in [0.2, 0.25) is 0 Å². The molecule has 120 valence electrons. The molecule has 0 amide bonds. The van der Waals surface area contributed by atoms with Gasteiger partial charge in [-0.1, -0.05) is 48.5 Å². The fourth-order valence-electron chi connectivity index (χ4n) is 3.63. The number of aromatic nitrogens is 1. The van der Waals surface area contributed by atoms with Crippen molar-refractivity contribution < 1.29 is 4.39 Å². The minimum Gasteiger partial charge on any atom is -0.368 e. The SMILES string of the molecule is FC1CCCc2c1ccc1c2ccc2ccccc21.c1cc[nH]c1. The Morgan fingerprint density at radius 2 is 1.58 bits per heavy atom. The van der Waals surface area contributed by atoms with Crippen LogP contribution in [-0.4, -0.2) is 4.98 Å². The Morgan fingerprint density at radius 3 is 2.38 bits per heavy atom. The zero-order chi connectivity index (χ0) is 16.4. The van der Waals surface area contributed by atoms with Crippen molar-refractivity contribution in [3.8, 4) is 0 Å². The third-order valence-electron chi connectivity index (χ3n) is 4.79. The predicted molar refractivity (Wildman–Crippen MR) is 99.0 cm³/mol. The largest absolute Gasteiger partial charge is 0.368 e. The van der Waals surface area contributed by atoms with Gasteiger partial charge in [0.05, 0.1) is 0 Å². The fourth-order valence-corrected chi connectivity index (χ4v) is 3.63. The van der Waals surface area contributed by atoms with Crippen molar-refractivity contribution >= 4 is 21.5 Å². The summed E-state index contributed by atoms with van der Waals surface area (Å²) >= 11 is 0.